The van der Waals surface area contributed by atoms with Gasteiger partial charge in [-0.25, -0.2) is 9.78 Å². The van der Waals surface area contributed by atoms with Gasteiger partial charge in [0.15, 0.2) is 5.82 Å². The number of rotatable bonds is 7. The van der Waals surface area contributed by atoms with E-state index < -0.39 is 6.03 Å². The van der Waals surface area contributed by atoms with Crippen molar-refractivity contribution in [1.82, 2.24) is 25.8 Å². The van der Waals surface area contributed by atoms with Crippen molar-refractivity contribution in [2.75, 3.05) is 12.3 Å². The van der Waals surface area contributed by atoms with Crippen molar-refractivity contribution in [3.63, 3.8) is 0 Å². The average Bonchev–Trinajstić information content (AvgIpc) is 3.03. The third kappa shape index (κ3) is 5.74. The molecule has 0 aliphatic heterocycles. The number of benzene rings is 1. The van der Waals surface area contributed by atoms with Crippen molar-refractivity contribution in [1.29, 1.82) is 0 Å². The van der Waals surface area contributed by atoms with Gasteiger partial charge in [0.05, 0.1) is 5.75 Å². The van der Waals surface area contributed by atoms with Crippen molar-refractivity contribution >= 4 is 23.7 Å². The van der Waals surface area contributed by atoms with Gasteiger partial charge in [0, 0.05) is 12.1 Å². The molecule has 2 aromatic rings. The Morgan fingerprint density at radius 3 is 2.78 bits per heavy atom. The van der Waals surface area contributed by atoms with Crippen LogP contribution in [-0.4, -0.2) is 39.4 Å². The van der Waals surface area contributed by atoms with Crippen LogP contribution in [0.25, 0.3) is 11.4 Å². The molecular formula is C15H19N5O2S. The summed E-state index contributed by atoms with van der Waals surface area (Å²) in [5, 5.41) is 12.2. The number of unbranched alkanes of at least 4 members (excludes halogenated alkanes) is 1. The standard InChI is InChI=1S/C15H19N5O2S/c1-2-3-9-16-14(22)17-12(21)10-23-15-18-13(19-20-15)11-7-5-4-6-8-11/h4-8H,2-3,9-10H2,1H3,(H,18,19,20)(H2,16,17,21,22). The minimum Gasteiger partial charge on any atom is -0.338 e. The molecule has 0 bridgehead atoms. The van der Waals surface area contributed by atoms with E-state index in [9.17, 15) is 9.59 Å². The summed E-state index contributed by atoms with van der Waals surface area (Å²) in [7, 11) is 0. The van der Waals surface area contributed by atoms with Crippen molar-refractivity contribution < 1.29 is 9.59 Å². The number of hydrogen-bond donors (Lipinski definition) is 3. The highest BCUT2D eigenvalue weighted by Crippen LogP contribution is 2.18. The lowest BCUT2D eigenvalue weighted by atomic mass is 10.2. The van der Waals surface area contributed by atoms with Gasteiger partial charge < -0.3 is 5.32 Å². The molecule has 7 nitrogen and oxygen atoms in total. The molecule has 0 atom stereocenters. The number of thioether (sulfide) groups is 1. The Morgan fingerprint density at radius 2 is 2.04 bits per heavy atom. The van der Waals surface area contributed by atoms with Crippen LogP contribution >= 0.6 is 11.8 Å². The summed E-state index contributed by atoms with van der Waals surface area (Å²) in [6.45, 7) is 2.59. The first-order chi connectivity index (χ1) is 11.2. The molecule has 0 fully saturated rings. The number of carbonyl (C=O) groups excluding carboxylic acids is 2. The van der Waals surface area contributed by atoms with E-state index in [1.807, 2.05) is 37.3 Å². The number of imide groups is 1. The van der Waals surface area contributed by atoms with Crippen LogP contribution in [0, 0.1) is 0 Å². The van der Waals surface area contributed by atoms with Gasteiger partial charge in [-0.2, -0.15) is 0 Å². The van der Waals surface area contributed by atoms with Gasteiger partial charge in [0.25, 0.3) is 0 Å². The molecule has 0 aliphatic rings. The van der Waals surface area contributed by atoms with E-state index in [-0.39, 0.29) is 11.7 Å². The fraction of sp³-hybridized carbons (Fsp3) is 0.333. The first-order valence-corrected chi connectivity index (χ1v) is 8.36. The lowest BCUT2D eigenvalue weighted by molar-refractivity contribution is -0.117. The molecule has 1 heterocycles. The quantitative estimate of drug-likeness (QED) is 0.533. The number of amides is 3. The van der Waals surface area contributed by atoms with Crippen LogP contribution in [0.15, 0.2) is 35.5 Å². The lowest BCUT2D eigenvalue weighted by Gasteiger charge is -2.04. The Morgan fingerprint density at radius 1 is 1.26 bits per heavy atom. The van der Waals surface area contributed by atoms with Crippen LogP contribution in [0.5, 0.6) is 0 Å². The SMILES string of the molecule is CCCCNC(=O)NC(=O)CSc1n[nH]c(-c2ccccc2)n1. The summed E-state index contributed by atoms with van der Waals surface area (Å²) >= 11 is 1.17. The normalized spacial score (nSPS) is 10.3. The highest BCUT2D eigenvalue weighted by atomic mass is 32.2. The van der Waals surface area contributed by atoms with Crippen LogP contribution in [0.4, 0.5) is 4.79 Å². The summed E-state index contributed by atoms with van der Waals surface area (Å²) in [6.07, 6.45) is 1.87. The maximum absolute atomic E-state index is 11.7. The van der Waals surface area contributed by atoms with E-state index in [1.165, 1.54) is 11.8 Å². The predicted octanol–water partition coefficient (Wildman–Crippen LogP) is 2.19. The van der Waals surface area contributed by atoms with Gasteiger partial charge in [0.2, 0.25) is 11.1 Å². The Kier molecular flexibility index (Phi) is 6.61. The maximum Gasteiger partial charge on any atom is 0.321 e. The number of hydrogen-bond acceptors (Lipinski definition) is 5. The topological polar surface area (TPSA) is 99.8 Å². The Bertz CT molecular complexity index is 644. The minimum absolute atomic E-state index is 0.0767. The van der Waals surface area contributed by atoms with E-state index >= 15 is 0 Å². The zero-order valence-electron chi connectivity index (χ0n) is 12.8. The number of urea groups is 1. The summed E-state index contributed by atoms with van der Waals surface area (Å²) in [5.74, 6) is 0.341. The molecule has 2 rings (SSSR count). The molecule has 0 saturated heterocycles. The van der Waals surface area contributed by atoms with Crippen molar-refractivity contribution in [3.8, 4) is 11.4 Å². The smallest absolute Gasteiger partial charge is 0.321 e. The summed E-state index contributed by atoms with van der Waals surface area (Å²) in [4.78, 5) is 27.4. The number of H-pyrrole nitrogens is 1. The third-order valence-electron chi connectivity index (χ3n) is 2.91. The zero-order valence-corrected chi connectivity index (χ0v) is 13.7. The molecule has 23 heavy (non-hydrogen) atoms. The summed E-state index contributed by atoms with van der Waals surface area (Å²) in [6, 6.07) is 9.12. The molecule has 0 aliphatic carbocycles. The van der Waals surface area contributed by atoms with Crippen LogP contribution in [0.3, 0.4) is 0 Å². The van der Waals surface area contributed by atoms with Crippen molar-refractivity contribution in [2.24, 2.45) is 0 Å². The second-order valence-corrected chi connectivity index (χ2v) is 5.72. The van der Waals surface area contributed by atoms with Gasteiger partial charge >= 0.3 is 6.03 Å². The van der Waals surface area contributed by atoms with E-state index in [2.05, 4.69) is 25.8 Å². The largest absolute Gasteiger partial charge is 0.338 e. The Balaban J connectivity index is 1.77. The Hall–Kier alpha value is -2.35. The fourth-order valence-corrected chi connectivity index (χ4v) is 2.35. The highest BCUT2D eigenvalue weighted by Gasteiger charge is 2.11. The van der Waals surface area contributed by atoms with E-state index in [1.54, 1.807) is 0 Å². The molecule has 122 valence electrons. The number of carbonyl (C=O) groups is 2. The number of nitrogens with zero attached hydrogens (tertiary/aromatic N) is 2. The third-order valence-corrected chi connectivity index (χ3v) is 3.76. The van der Waals surface area contributed by atoms with Crippen molar-refractivity contribution in [3.05, 3.63) is 30.3 Å². The number of aromatic amines is 1. The van der Waals surface area contributed by atoms with Gasteiger partial charge in [-0.3, -0.25) is 15.2 Å². The lowest BCUT2D eigenvalue weighted by Crippen LogP contribution is -2.40. The van der Waals surface area contributed by atoms with E-state index in [0.29, 0.717) is 17.5 Å². The minimum atomic E-state index is -0.469. The highest BCUT2D eigenvalue weighted by molar-refractivity contribution is 7.99. The molecule has 0 saturated carbocycles. The molecule has 0 radical (unpaired) electrons. The zero-order chi connectivity index (χ0) is 16.5. The second-order valence-electron chi connectivity index (χ2n) is 4.78. The van der Waals surface area contributed by atoms with Crippen LogP contribution in [-0.2, 0) is 4.79 Å². The molecule has 1 aromatic carbocycles. The average molecular weight is 333 g/mol. The van der Waals surface area contributed by atoms with Gasteiger partial charge in [-0.15, -0.1) is 5.10 Å². The molecule has 0 spiro atoms. The second kappa shape index (κ2) is 8.94. The molecule has 3 N–H and O–H groups in total. The first kappa shape index (κ1) is 17.0. The number of aromatic nitrogens is 3. The molecule has 1 aromatic heterocycles. The monoisotopic (exact) mass is 333 g/mol. The number of nitrogens with one attached hydrogen (secondary N) is 3. The fourth-order valence-electron chi connectivity index (χ4n) is 1.75. The van der Waals surface area contributed by atoms with Crippen molar-refractivity contribution in [2.45, 2.75) is 24.9 Å². The van der Waals surface area contributed by atoms with Crippen LogP contribution < -0.4 is 10.6 Å². The summed E-state index contributed by atoms with van der Waals surface area (Å²) in [5.41, 5.74) is 0.923. The van der Waals surface area contributed by atoms with Gasteiger partial charge in [0.1, 0.15) is 0 Å². The predicted molar refractivity (Wildman–Crippen MR) is 89.0 cm³/mol. The molecule has 8 heteroatoms. The first-order valence-electron chi connectivity index (χ1n) is 7.37. The molecular weight excluding hydrogens is 314 g/mol. The maximum atomic E-state index is 11.7. The van der Waals surface area contributed by atoms with Gasteiger partial charge in [-0.05, 0) is 6.42 Å². The molecule has 3 amide bonds. The van der Waals surface area contributed by atoms with E-state index in [4.69, 9.17) is 0 Å². The molecule has 0 unspecified atom stereocenters. The van der Waals surface area contributed by atoms with E-state index in [0.717, 1.165) is 18.4 Å². The Labute approximate surface area is 138 Å². The van der Waals surface area contributed by atoms with Crippen LogP contribution in [0.2, 0.25) is 0 Å². The van der Waals surface area contributed by atoms with Crippen LogP contribution in [0.1, 0.15) is 19.8 Å². The summed E-state index contributed by atoms with van der Waals surface area (Å²) < 4.78 is 0. The van der Waals surface area contributed by atoms with Gasteiger partial charge in [-0.1, -0.05) is 55.4 Å².